The number of rotatable bonds is 6. The van der Waals surface area contributed by atoms with Crippen molar-refractivity contribution >= 4 is 27.3 Å². The Morgan fingerprint density at radius 1 is 1.15 bits per heavy atom. The molecule has 2 heterocycles. The molecule has 1 aliphatic rings. The lowest BCUT2D eigenvalue weighted by Crippen LogP contribution is -2.51. The Morgan fingerprint density at radius 2 is 1.81 bits per heavy atom. The highest BCUT2D eigenvalue weighted by molar-refractivity contribution is 7.91. The highest BCUT2D eigenvalue weighted by atomic mass is 32.2. The van der Waals surface area contributed by atoms with E-state index >= 15 is 0 Å². The number of piperazine rings is 1. The molecule has 1 aliphatic heterocycles. The van der Waals surface area contributed by atoms with Crippen molar-refractivity contribution in [3.63, 3.8) is 0 Å². The molecule has 0 N–H and O–H groups in total. The first-order valence-corrected chi connectivity index (χ1v) is 10.9. The number of benzene rings is 1. The molecule has 0 unspecified atom stereocenters. The van der Waals surface area contributed by atoms with Crippen LogP contribution in [0.25, 0.3) is 0 Å². The topological polar surface area (TPSA) is 60.9 Å². The van der Waals surface area contributed by atoms with Crippen molar-refractivity contribution in [3.8, 4) is 0 Å². The lowest BCUT2D eigenvalue weighted by molar-refractivity contribution is -0.131. The lowest BCUT2D eigenvalue weighted by atomic mass is 10.2. The average molecular weight is 412 g/mol. The van der Waals surface area contributed by atoms with Crippen LogP contribution in [0.3, 0.4) is 0 Å². The fraction of sp³-hybridized carbons (Fsp3) is 0.389. The molecule has 27 heavy (non-hydrogen) atoms. The molecule has 9 heteroatoms. The van der Waals surface area contributed by atoms with Crippen molar-refractivity contribution in [2.24, 2.45) is 0 Å². The SMILES string of the molecule is CN(Cc1ccc(F)cc1)C(=O)CN1CCN(S(=O)(=O)c2cccs2)CC1. The molecule has 146 valence electrons. The number of amides is 1. The largest absolute Gasteiger partial charge is 0.340 e. The van der Waals surface area contributed by atoms with Gasteiger partial charge in [-0.1, -0.05) is 18.2 Å². The molecule has 1 amide bonds. The first-order valence-electron chi connectivity index (χ1n) is 8.60. The van der Waals surface area contributed by atoms with Gasteiger partial charge < -0.3 is 4.90 Å². The third kappa shape index (κ3) is 4.92. The molecule has 0 bridgehead atoms. The van der Waals surface area contributed by atoms with Gasteiger partial charge in [0.15, 0.2) is 0 Å². The number of hydrogen-bond donors (Lipinski definition) is 0. The van der Waals surface area contributed by atoms with E-state index < -0.39 is 10.0 Å². The molecule has 0 spiro atoms. The number of sulfonamides is 1. The normalized spacial score (nSPS) is 16.4. The fourth-order valence-corrected chi connectivity index (χ4v) is 5.50. The molecule has 3 rings (SSSR count). The van der Waals surface area contributed by atoms with Crippen molar-refractivity contribution in [2.45, 2.75) is 10.8 Å². The van der Waals surface area contributed by atoms with Crippen LogP contribution >= 0.6 is 11.3 Å². The van der Waals surface area contributed by atoms with Gasteiger partial charge in [0.1, 0.15) is 10.0 Å². The molecular weight excluding hydrogens is 389 g/mol. The Balaban J connectivity index is 1.50. The average Bonchev–Trinajstić information content (AvgIpc) is 3.19. The van der Waals surface area contributed by atoms with Gasteiger partial charge in [0.2, 0.25) is 5.91 Å². The van der Waals surface area contributed by atoms with Gasteiger partial charge in [-0.05, 0) is 29.1 Å². The van der Waals surface area contributed by atoms with Crippen molar-refractivity contribution in [1.82, 2.24) is 14.1 Å². The maximum absolute atomic E-state index is 13.0. The second kappa shape index (κ2) is 8.47. The maximum atomic E-state index is 13.0. The summed E-state index contributed by atoms with van der Waals surface area (Å²) in [5.41, 5.74) is 0.860. The summed E-state index contributed by atoms with van der Waals surface area (Å²) in [6.07, 6.45) is 0. The number of carbonyl (C=O) groups excluding carboxylic acids is 1. The molecule has 0 aliphatic carbocycles. The molecule has 1 fully saturated rings. The summed E-state index contributed by atoms with van der Waals surface area (Å²) in [6.45, 7) is 2.42. The number of halogens is 1. The van der Waals surface area contributed by atoms with E-state index in [1.165, 1.54) is 27.8 Å². The summed E-state index contributed by atoms with van der Waals surface area (Å²) in [5.74, 6) is -0.350. The quantitative estimate of drug-likeness (QED) is 0.728. The Hall–Kier alpha value is -1.81. The maximum Gasteiger partial charge on any atom is 0.252 e. The smallest absolute Gasteiger partial charge is 0.252 e. The van der Waals surface area contributed by atoms with Crippen LogP contribution < -0.4 is 0 Å². The summed E-state index contributed by atoms with van der Waals surface area (Å²) in [4.78, 5) is 16.0. The van der Waals surface area contributed by atoms with E-state index in [4.69, 9.17) is 0 Å². The van der Waals surface area contributed by atoms with Crippen LogP contribution in [0.15, 0.2) is 46.0 Å². The minimum atomic E-state index is -3.43. The van der Waals surface area contributed by atoms with Crippen molar-refractivity contribution in [1.29, 1.82) is 0 Å². The Labute approximate surface area is 162 Å². The molecule has 0 saturated carbocycles. The molecule has 1 aromatic carbocycles. The predicted octanol–water partition coefficient (Wildman–Crippen LogP) is 1.85. The number of likely N-dealkylation sites (N-methyl/N-ethyl adjacent to an activating group) is 1. The van der Waals surface area contributed by atoms with Gasteiger partial charge in [-0.25, -0.2) is 12.8 Å². The van der Waals surface area contributed by atoms with Crippen LogP contribution in [-0.4, -0.2) is 68.2 Å². The first kappa shape index (κ1) is 19.9. The third-order valence-corrected chi connectivity index (χ3v) is 7.81. The number of hydrogen-bond acceptors (Lipinski definition) is 5. The van der Waals surface area contributed by atoms with E-state index in [9.17, 15) is 17.6 Å². The Morgan fingerprint density at radius 3 is 2.41 bits per heavy atom. The number of carbonyl (C=O) groups is 1. The van der Waals surface area contributed by atoms with E-state index in [-0.39, 0.29) is 18.3 Å². The van der Waals surface area contributed by atoms with Gasteiger partial charge in [0, 0.05) is 39.8 Å². The Kier molecular flexibility index (Phi) is 6.25. The summed E-state index contributed by atoms with van der Waals surface area (Å²) >= 11 is 1.21. The second-order valence-electron chi connectivity index (χ2n) is 6.49. The van der Waals surface area contributed by atoms with Crippen LogP contribution in [0.2, 0.25) is 0 Å². The van der Waals surface area contributed by atoms with Gasteiger partial charge in [-0.15, -0.1) is 11.3 Å². The van der Waals surface area contributed by atoms with Crippen LogP contribution in [0.5, 0.6) is 0 Å². The molecule has 0 atom stereocenters. The molecule has 0 radical (unpaired) electrons. The van der Waals surface area contributed by atoms with Crippen LogP contribution in [-0.2, 0) is 21.4 Å². The monoisotopic (exact) mass is 411 g/mol. The van der Waals surface area contributed by atoms with E-state index in [0.717, 1.165) is 5.56 Å². The molecule has 1 aromatic heterocycles. The van der Waals surface area contributed by atoms with Gasteiger partial charge in [-0.3, -0.25) is 9.69 Å². The number of nitrogens with zero attached hydrogens (tertiary/aromatic N) is 3. The van der Waals surface area contributed by atoms with Gasteiger partial charge in [0.05, 0.1) is 6.54 Å². The summed E-state index contributed by atoms with van der Waals surface area (Å²) in [5, 5.41) is 1.75. The summed E-state index contributed by atoms with van der Waals surface area (Å²) in [6, 6.07) is 9.41. The minimum absolute atomic E-state index is 0.0473. The zero-order valence-corrected chi connectivity index (χ0v) is 16.7. The minimum Gasteiger partial charge on any atom is -0.340 e. The molecular formula is C18H22FN3O3S2. The van der Waals surface area contributed by atoms with E-state index in [2.05, 4.69) is 0 Å². The van der Waals surface area contributed by atoms with Crippen LogP contribution in [0, 0.1) is 5.82 Å². The van der Waals surface area contributed by atoms with E-state index in [0.29, 0.717) is 36.9 Å². The van der Waals surface area contributed by atoms with Crippen LogP contribution in [0.4, 0.5) is 4.39 Å². The molecule has 2 aromatic rings. The fourth-order valence-electron chi connectivity index (χ4n) is 2.93. The van der Waals surface area contributed by atoms with Crippen molar-refractivity contribution < 1.29 is 17.6 Å². The predicted molar refractivity (Wildman–Crippen MR) is 102 cm³/mol. The highest BCUT2D eigenvalue weighted by Gasteiger charge is 2.29. The first-order chi connectivity index (χ1) is 12.9. The van der Waals surface area contributed by atoms with Crippen molar-refractivity contribution in [2.75, 3.05) is 39.8 Å². The standard InChI is InChI=1S/C18H22FN3O3S2/c1-20(13-15-4-6-16(19)7-5-15)17(23)14-21-8-10-22(11-9-21)27(24,25)18-3-2-12-26-18/h2-7,12H,8-11,13-14H2,1H3. The zero-order valence-electron chi connectivity index (χ0n) is 15.0. The lowest BCUT2D eigenvalue weighted by Gasteiger charge is -2.34. The van der Waals surface area contributed by atoms with Gasteiger partial charge >= 0.3 is 0 Å². The third-order valence-electron chi connectivity index (χ3n) is 4.54. The van der Waals surface area contributed by atoms with E-state index in [1.54, 1.807) is 41.6 Å². The van der Waals surface area contributed by atoms with E-state index in [1.807, 2.05) is 4.90 Å². The van der Waals surface area contributed by atoms with Crippen LogP contribution in [0.1, 0.15) is 5.56 Å². The summed E-state index contributed by atoms with van der Waals surface area (Å²) in [7, 11) is -1.72. The van der Waals surface area contributed by atoms with Gasteiger partial charge in [0.25, 0.3) is 10.0 Å². The second-order valence-corrected chi connectivity index (χ2v) is 9.60. The zero-order chi connectivity index (χ0) is 19.4. The highest BCUT2D eigenvalue weighted by Crippen LogP contribution is 2.22. The summed E-state index contributed by atoms with van der Waals surface area (Å²) < 4.78 is 39.8. The Bertz CT molecular complexity index is 862. The number of thiophene rings is 1. The molecule has 6 nitrogen and oxygen atoms in total. The van der Waals surface area contributed by atoms with Gasteiger partial charge in [-0.2, -0.15) is 4.31 Å². The van der Waals surface area contributed by atoms with Crippen molar-refractivity contribution in [3.05, 3.63) is 53.2 Å². The molecule has 1 saturated heterocycles.